The normalized spacial score (nSPS) is 9.90. The van der Waals surface area contributed by atoms with Crippen LogP contribution in [0, 0.1) is 44.8 Å². The molecule has 0 fully saturated rings. The van der Waals surface area contributed by atoms with Crippen molar-refractivity contribution in [1.82, 2.24) is 0 Å². The first-order valence-corrected chi connectivity index (χ1v) is 5.99. The second kappa shape index (κ2) is 8.67. The number of nitriles is 3. The van der Waals surface area contributed by atoms with Gasteiger partial charge < -0.3 is 4.74 Å². The van der Waals surface area contributed by atoms with Crippen LogP contribution in [0.4, 0.5) is 0 Å². The summed E-state index contributed by atoms with van der Waals surface area (Å²) >= 11 is 0. The second-order valence-corrected chi connectivity index (χ2v) is 4.95. The lowest BCUT2D eigenvalue weighted by Gasteiger charge is -2.11. The molecular weight excluding hydrogens is 258 g/mol. The van der Waals surface area contributed by atoms with E-state index in [0.717, 1.165) is 0 Å². The van der Waals surface area contributed by atoms with Crippen LogP contribution in [0.3, 0.4) is 0 Å². The third kappa shape index (κ3) is 7.13. The van der Waals surface area contributed by atoms with Crippen LogP contribution in [0.5, 0.6) is 0 Å². The van der Waals surface area contributed by atoms with Crippen LogP contribution in [-0.2, 0) is 14.3 Å². The molecule has 0 spiro atoms. The summed E-state index contributed by atoms with van der Waals surface area (Å²) < 4.78 is 4.64. The summed E-state index contributed by atoms with van der Waals surface area (Å²) in [5, 5.41) is 25.0. The summed E-state index contributed by atoms with van der Waals surface area (Å²) in [6.45, 7) is 8.12. The highest BCUT2D eigenvalue weighted by molar-refractivity contribution is 5.88. The van der Waals surface area contributed by atoms with Gasteiger partial charge in [0.2, 0.25) is 0 Å². The molecule has 0 bridgehead atoms. The monoisotopic (exact) mass is 277 g/mol. The van der Waals surface area contributed by atoms with E-state index in [1.807, 2.05) is 12.1 Å². The number of rotatable bonds is 4. The van der Waals surface area contributed by atoms with Gasteiger partial charge in [-0.1, -0.05) is 0 Å². The molecule has 0 saturated carbocycles. The van der Waals surface area contributed by atoms with Crippen LogP contribution in [-0.4, -0.2) is 18.4 Å². The third-order valence-electron chi connectivity index (χ3n) is 2.28. The van der Waals surface area contributed by atoms with Crippen LogP contribution in [0.25, 0.3) is 0 Å². The van der Waals surface area contributed by atoms with Crippen molar-refractivity contribution in [3.63, 3.8) is 0 Å². The molecule has 108 valence electrons. The first-order valence-electron chi connectivity index (χ1n) is 5.99. The Kier molecular flexibility index (Phi) is 8.64. The number of esters is 1. The predicted molar refractivity (Wildman–Crippen MR) is 70.7 cm³/mol. The predicted octanol–water partition coefficient (Wildman–Crippen LogP) is 2.12. The lowest BCUT2D eigenvalue weighted by molar-refractivity contribution is -0.150. The Morgan fingerprint density at radius 3 is 1.75 bits per heavy atom. The van der Waals surface area contributed by atoms with Crippen molar-refractivity contribution < 1.29 is 14.3 Å². The first kappa shape index (κ1) is 19.9. The zero-order chi connectivity index (χ0) is 16.4. The van der Waals surface area contributed by atoms with Crippen molar-refractivity contribution in [2.45, 2.75) is 41.0 Å². The number of hydrogen-bond acceptors (Lipinski definition) is 6. The summed E-state index contributed by atoms with van der Waals surface area (Å²) in [5.74, 6) is -0.782. The average Bonchev–Trinajstić information content (AvgIpc) is 2.40. The molecule has 0 atom stereocenters. The highest BCUT2D eigenvalue weighted by Gasteiger charge is 2.28. The topological polar surface area (TPSA) is 115 Å². The number of ketones is 1. The van der Waals surface area contributed by atoms with Gasteiger partial charge in [-0.05, 0) is 34.6 Å². The van der Waals surface area contributed by atoms with E-state index in [9.17, 15) is 9.59 Å². The molecule has 0 aliphatic rings. The van der Waals surface area contributed by atoms with E-state index in [4.69, 9.17) is 15.8 Å². The Morgan fingerprint density at radius 1 is 1.00 bits per heavy atom. The van der Waals surface area contributed by atoms with Crippen molar-refractivity contribution in [1.29, 1.82) is 15.8 Å². The largest absolute Gasteiger partial charge is 0.465 e. The van der Waals surface area contributed by atoms with Crippen molar-refractivity contribution in [3.8, 4) is 18.2 Å². The van der Waals surface area contributed by atoms with Gasteiger partial charge in [0.25, 0.3) is 0 Å². The van der Waals surface area contributed by atoms with Crippen molar-refractivity contribution >= 4 is 11.8 Å². The second-order valence-electron chi connectivity index (χ2n) is 4.95. The molecule has 0 aliphatic carbocycles. The summed E-state index contributed by atoms with van der Waals surface area (Å²) in [4.78, 5) is 21.7. The van der Waals surface area contributed by atoms with Gasteiger partial charge in [0.15, 0.2) is 5.78 Å². The molecule has 20 heavy (non-hydrogen) atoms. The van der Waals surface area contributed by atoms with Gasteiger partial charge in [-0.25, -0.2) is 0 Å². The maximum Gasteiger partial charge on any atom is 0.325 e. The van der Waals surface area contributed by atoms with Gasteiger partial charge in [-0.3, -0.25) is 9.59 Å². The number of nitrogens with zero attached hydrogens (tertiary/aromatic N) is 3. The van der Waals surface area contributed by atoms with Gasteiger partial charge in [0.05, 0.1) is 31.2 Å². The minimum absolute atomic E-state index is 0.180. The smallest absolute Gasteiger partial charge is 0.325 e. The molecule has 0 aromatic carbocycles. The summed E-state index contributed by atoms with van der Waals surface area (Å²) in [7, 11) is 0. The van der Waals surface area contributed by atoms with Gasteiger partial charge in [-0.15, -0.1) is 0 Å². The molecule has 0 saturated heterocycles. The molecule has 0 aliphatic heterocycles. The van der Waals surface area contributed by atoms with E-state index in [1.54, 1.807) is 13.0 Å². The molecule has 0 N–H and O–H groups in total. The molecule has 0 heterocycles. The maximum atomic E-state index is 10.9. The van der Waals surface area contributed by atoms with Gasteiger partial charge in [-0.2, -0.15) is 15.8 Å². The molecule has 6 nitrogen and oxygen atoms in total. The third-order valence-corrected chi connectivity index (χ3v) is 2.28. The molecule has 0 radical (unpaired) electrons. The maximum absolute atomic E-state index is 10.9. The van der Waals surface area contributed by atoms with Crippen molar-refractivity contribution in [2.75, 3.05) is 6.61 Å². The standard InChI is InChI=1S/C7H8N2O.C7H11NO2/c1-7(2,5-9)6(10)3-4-8;1-4-10-6(9)7(2,3)5-8/h3H2,1-2H3;4H2,1-3H3. The van der Waals surface area contributed by atoms with E-state index in [-0.39, 0.29) is 12.2 Å². The fraction of sp³-hybridized carbons (Fsp3) is 0.643. The molecule has 0 amide bonds. The Balaban J connectivity index is 0. The van der Waals surface area contributed by atoms with E-state index >= 15 is 0 Å². The molecule has 0 rings (SSSR count). The summed E-state index contributed by atoms with van der Waals surface area (Å²) in [6, 6.07) is 5.38. The van der Waals surface area contributed by atoms with Crippen LogP contribution < -0.4 is 0 Å². The lowest BCUT2D eigenvalue weighted by Crippen LogP contribution is -2.24. The van der Waals surface area contributed by atoms with Gasteiger partial charge in [0, 0.05) is 0 Å². The Hall–Kier alpha value is -2.39. The number of carbonyl (C=O) groups is 2. The van der Waals surface area contributed by atoms with Crippen molar-refractivity contribution in [3.05, 3.63) is 0 Å². The number of carbonyl (C=O) groups excluding carboxylic acids is 2. The molecule has 6 heteroatoms. The fourth-order valence-corrected chi connectivity index (χ4v) is 0.712. The minimum atomic E-state index is -1.00. The number of hydrogen-bond donors (Lipinski definition) is 0. The first-order chi connectivity index (χ1) is 9.08. The Bertz CT molecular complexity index is 473. The van der Waals surface area contributed by atoms with E-state index in [2.05, 4.69) is 4.74 Å². The van der Waals surface area contributed by atoms with Crippen LogP contribution in [0.2, 0.25) is 0 Å². The summed E-state index contributed by atoms with van der Waals surface area (Å²) in [6.07, 6.45) is -0.180. The quantitative estimate of drug-likeness (QED) is 0.727. The zero-order valence-corrected chi connectivity index (χ0v) is 12.5. The minimum Gasteiger partial charge on any atom is -0.465 e. The SMILES string of the molecule is CC(C)(C#N)C(=O)CC#N.CCOC(=O)C(C)(C)C#N. The lowest BCUT2D eigenvalue weighted by atomic mass is 9.89. The number of ether oxygens (including phenoxy) is 1. The van der Waals surface area contributed by atoms with E-state index in [1.165, 1.54) is 27.7 Å². The molecule has 0 unspecified atom stereocenters. The average molecular weight is 277 g/mol. The molecular formula is C14H19N3O3. The highest BCUT2D eigenvalue weighted by atomic mass is 16.5. The Morgan fingerprint density at radius 2 is 1.45 bits per heavy atom. The fourth-order valence-electron chi connectivity index (χ4n) is 0.712. The number of Topliss-reactive ketones (excluding diaryl/α,β-unsaturated/α-hetero) is 1. The van der Waals surface area contributed by atoms with Gasteiger partial charge >= 0.3 is 5.97 Å². The van der Waals surface area contributed by atoms with E-state index in [0.29, 0.717) is 6.61 Å². The summed E-state index contributed by atoms with van der Waals surface area (Å²) in [5.41, 5.74) is -2.01. The zero-order valence-electron chi connectivity index (χ0n) is 12.5. The Labute approximate surface area is 119 Å². The van der Waals surface area contributed by atoms with Crippen LogP contribution in [0.15, 0.2) is 0 Å². The van der Waals surface area contributed by atoms with E-state index < -0.39 is 16.8 Å². The van der Waals surface area contributed by atoms with Gasteiger partial charge in [0.1, 0.15) is 10.8 Å². The highest BCUT2D eigenvalue weighted by Crippen LogP contribution is 2.16. The molecule has 0 aromatic heterocycles. The van der Waals surface area contributed by atoms with Crippen molar-refractivity contribution in [2.24, 2.45) is 10.8 Å². The molecule has 0 aromatic rings. The van der Waals surface area contributed by atoms with Crippen LogP contribution >= 0.6 is 0 Å². The van der Waals surface area contributed by atoms with Crippen LogP contribution in [0.1, 0.15) is 41.0 Å².